The summed E-state index contributed by atoms with van der Waals surface area (Å²) in [5.41, 5.74) is 1.67. The molecule has 8 heteroatoms. The second-order valence-electron chi connectivity index (χ2n) is 5.26. The van der Waals surface area contributed by atoms with Gasteiger partial charge in [0.2, 0.25) is 10.0 Å². The first-order chi connectivity index (χ1) is 11.8. The molecule has 0 radical (unpaired) electrons. The number of nitrogens with one attached hydrogen (secondary N) is 1. The van der Waals surface area contributed by atoms with Gasteiger partial charge >= 0.3 is 5.97 Å². The van der Waals surface area contributed by atoms with Gasteiger partial charge in [-0.25, -0.2) is 18.4 Å². The van der Waals surface area contributed by atoms with Gasteiger partial charge in [-0.1, -0.05) is 12.1 Å². The Morgan fingerprint density at radius 3 is 2.08 bits per heavy atom. The molecule has 132 valence electrons. The number of amides is 1. The molecule has 3 N–H and O–H groups in total. The third-order valence-corrected chi connectivity index (χ3v) is 4.45. The Morgan fingerprint density at radius 2 is 1.56 bits per heavy atom. The first kappa shape index (κ1) is 18.6. The van der Waals surface area contributed by atoms with Crippen molar-refractivity contribution in [1.29, 1.82) is 0 Å². The summed E-state index contributed by atoms with van der Waals surface area (Å²) in [6.45, 7) is 0.381. The molecule has 0 unspecified atom stereocenters. The summed E-state index contributed by atoms with van der Waals surface area (Å²) in [6, 6.07) is 12.3. The van der Waals surface area contributed by atoms with Crippen molar-refractivity contribution in [1.82, 2.24) is 5.32 Å². The smallest absolute Gasteiger partial charge is 0.337 e. The Labute approximate surface area is 145 Å². The fourth-order valence-electron chi connectivity index (χ4n) is 2.14. The lowest BCUT2D eigenvalue weighted by molar-refractivity contribution is 0.0600. The Balaban J connectivity index is 1.89. The number of hydrogen-bond acceptors (Lipinski definition) is 5. The van der Waals surface area contributed by atoms with Gasteiger partial charge in [0.25, 0.3) is 5.91 Å². The molecule has 0 atom stereocenters. The molecule has 25 heavy (non-hydrogen) atoms. The van der Waals surface area contributed by atoms with Crippen LogP contribution in [0.4, 0.5) is 0 Å². The van der Waals surface area contributed by atoms with Crippen LogP contribution in [0.25, 0.3) is 0 Å². The van der Waals surface area contributed by atoms with Crippen molar-refractivity contribution in [3.05, 3.63) is 65.2 Å². The Hall–Kier alpha value is -2.71. The molecular weight excluding hydrogens is 344 g/mol. The van der Waals surface area contributed by atoms with E-state index in [0.29, 0.717) is 24.1 Å². The molecule has 2 rings (SSSR count). The monoisotopic (exact) mass is 362 g/mol. The second-order valence-corrected chi connectivity index (χ2v) is 6.83. The van der Waals surface area contributed by atoms with E-state index >= 15 is 0 Å². The third kappa shape index (κ3) is 5.13. The van der Waals surface area contributed by atoms with E-state index in [-0.39, 0.29) is 10.8 Å². The van der Waals surface area contributed by atoms with E-state index in [1.807, 2.05) is 0 Å². The van der Waals surface area contributed by atoms with Gasteiger partial charge in [-0.05, 0) is 48.4 Å². The molecule has 1 amide bonds. The highest BCUT2D eigenvalue weighted by molar-refractivity contribution is 7.89. The van der Waals surface area contributed by atoms with Gasteiger partial charge in [-0.3, -0.25) is 4.79 Å². The normalized spacial score (nSPS) is 11.0. The van der Waals surface area contributed by atoms with Crippen molar-refractivity contribution < 1.29 is 22.7 Å². The Kier molecular flexibility index (Phi) is 5.89. The summed E-state index contributed by atoms with van der Waals surface area (Å²) in [4.78, 5) is 23.4. The first-order valence-electron chi connectivity index (χ1n) is 7.39. The van der Waals surface area contributed by atoms with Crippen LogP contribution in [0.2, 0.25) is 0 Å². The van der Waals surface area contributed by atoms with Gasteiger partial charge in [0.1, 0.15) is 0 Å². The van der Waals surface area contributed by atoms with Crippen molar-refractivity contribution in [2.24, 2.45) is 5.14 Å². The molecule has 0 aliphatic heterocycles. The van der Waals surface area contributed by atoms with E-state index in [0.717, 1.165) is 5.56 Å². The molecule has 0 aliphatic carbocycles. The van der Waals surface area contributed by atoms with Crippen molar-refractivity contribution in [2.45, 2.75) is 11.3 Å². The fraction of sp³-hybridized carbons (Fsp3) is 0.176. The van der Waals surface area contributed by atoms with Crippen LogP contribution in [0.3, 0.4) is 0 Å². The summed E-state index contributed by atoms with van der Waals surface area (Å²) in [6.07, 6.45) is 0.539. The maximum Gasteiger partial charge on any atom is 0.337 e. The summed E-state index contributed by atoms with van der Waals surface area (Å²) in [5, 5.41) is 7.79. The van der Waals surface area contributed by atoms with Crippen LogP contribution >= 0.6 is 0 Å². The lowest BCUT2D eigenvalue weighted by Crippen LogP contribution is -2.25. The largest absolute Gasteiger partial charge is 0.465 e. The second kappa shape index (κ2) is 7.91. The number of hydrogen-bond donors (Lipinski definition) is 2. The SMILES string of the molecule is COC(=O)c1ccc(C(=O)NCCc2ccc(S(N)(=O)=O)cc2)cc1. The number of primary sulfonamides is 1. The highest BCUT2D eigenvalue weighted by Crippen LogP contribution is 2.09. The number of nitrogens with two attached hydrogens (primary N) is 1. The molecule has 0 heterocycles. The van der Waals surface area contributed by atoms with Crippen molar-refractivity contribution in [3.8, 4) is 0 Å². The summed E-state index contributed by atoms with van der Waals surface area (Å²) in [7, 11) is -2.41. The number of esters is 1. The van der Waals surface area contributed by atoms with E-state index in [1.165, 1.54) is 31.4 Å². The van der Waals surface area contributed by atoms with Gasteiger partial charge in [0.15, 0.2) is 0 Å². The molecular formula is C17H18N2O5S. The van der Waals surface area contributed by atoms with Crippen molar-refractivity contribution >= 4 is 21.9 Å². The zero-order valence-corrected chi connectivity index (χ0v) is 14.4. The average Bonchev–Trinajstić information content (AvgIpc) is 2.60. The van der Waals surface area contributed by atoms with Crippen molar-refractivity contribution in [3.63, 3.8) is 0 Å². The number of carbonyl (C=O) groups excluding carboxylic acids is 2. The summed E-state index contributed by atoms with van der Waals surface area (Å²) >= 11 is 0. The summed E-state index contributed by atoms with van der Waals surface area (Å²) in [5.74, 6) is -0.729. The van der Waals surface area contributed by atoms with E-state index in [9.17, 15) is 18.0 Å². The summed E-state index contributed by atoms with van der Waals surface area (Å²) < 4.78 is 27.0. The predicted octanol–water partition coefficient (Wildman–Crippen LogP) is 1.09. The minimum atomic E-state index is -3.70. The van der Waals surface area contributed by atoms with Crippen LogP contribution in [-0.4, -0.2) is 33.9 Å². The number of sulfonamides is 1. The van der Waals surface area contributed by atoms with Crippen LogP contribution in [0.1, 0.15) is 26.3 Å². The molecule has 7 nitrogen and oxygen atoms in total. The average molecular weight is 362 g/mol. The molecule has 0 aromatic heterocycles. The highest BCUT2D eigenvalue weighted by atomic mass is 32.2. The maximum absolute atomic E-state index is 12.0. The lowest BCUT2D eigenvalue weighted by atomic mass is 10.1. The minimum absolute atomic E-state index is 0.0472. The van der Waals surface area contributed by atoms with E-state index in [1.54, 1.807) is 24.3 Å². The fourth-order valence-corrected chi connectivity index (χ4v) is 2.66. The van der Waals surface area contributed by atoms with Crippen LogP contribution in [0.15, 0.2) is 53.4 Å². The number of carbonyl (C=O) groups is 2. The van der Waals surface area contributed by atoms with Crippen LogP contribution in [0, 0.1) is 0 Å². The van der Waals surface area contributed by atoms with Crippen molar-refractivity contribution in [2.75, 3.05) is 13.7 Å². The Bertz CT molecular complexity index is 859. The van der Waals surface area contributed by atoms with Crippen LogP contribution in [-0.2, 0) is 21.2 Å². The van der Waals surface area contributed by atoms with E-state index < -0.39 is 16.0 Å². The quantitative estimate of drug-likeness (QED) is 0.747. The number of rotatable bonds is 6. The molecule has 0 saturated carbocycles. The minimum Gasteiger partial charge on any atom is -0.465 e. The van der Waals surface area contributed by atoms with Gasteiger partial charge in [-0.2, -0.15) is 0 Å². The number of benzene rings is 2. The topological polar surface area (TPSA) is 116 Å². The number of ether oxygens (including phenoxy) is 1. The van der Waals surface area contributed by atoms with Gasteiger partial charge in [0, 0.05) is 12.1 Å². The molecule has 2 aromatic rings. The van der Waals surface area contributed by atoms with E-state index in [2.05, 4.69) is 10.1 Å². The van der Waals surface area contributed by atoms with Gasteiger partial charge < -0.3 is 10.1 Å². The van der Waals surface area contributed by atoms with Crippen LogP contribution in [0.5, 0.6) is 0 Å². The zero-order chi connectivity index (χ0) is 18.4. The van der Waals surface area contributed by atoms with Gasteiger partial charge in [0.05, 0.1) is 17.6 Å². The standard InChI is InChI=1S/C17H18N2O5S/c1-24-17(21)14-6-4-13(5-7-14)16(20)19-11-10-12-2-8-15(9-3-12)25(18,22)23/h2-9H,10-11H2,1H3,(H,19,20)(H2,18,22,23). The maximum atomic E-state index is 12.0. The highest BCUT2D eigenvalue weighted by Gasteiger charge is 2.09. The molecule has 2 aromatic carbocycles. The predicted molar refractivity (Wildman–Crippen MR) is 91.6 cm³/mol. The molecule has 0 spiro atoms. The number of methoxy groups -OCH3 is 1. The zero-order valence-electron chi connectivity index (χ0n) is 13.6. The molecule has 0 aliphatic rings. The third-order valence-electron chi connectivity index (χ3n) is 3.52. The molecule has 0 bridgehead atoms. The first-order valence-corrected chi connectivity index (χ1v) is 8.94. The molecule has 0 fully saturated rings. The molecule has 0 saturated heterocycles. The lowest BCUT2D eigenvalue weighted by Gasteiger charge is -2.07. The van der Waals surface area contributed by atoms with Gasteiger partial charge in [-0.15, -0.1) is 0 Å². The van der Waals surface area contributed by atoms with E-state index in [4.69, 9.17) is 5.14 Å². The van der Waals surface area contributed by atoms with Crippen LogP contribution < -0.4 is 10.5 Å². The Morgan fingerprint density at radius 1 is 1.00 bits per heavy atom.